The number of nitrogens with two attached hydrogens (primary N) is 1. The Labute approximate surface area is 115 Å². The second-order valence-electron chi connectivity index (χ2n) is 5.22. The van der Waals surface area contributed by atoms with Gasteiger partial charge >= 0.3 is 0 Å². The van der Waals surface area contributed by atoms with E-state index in [1.54, 1.807) is 0 Å². The lowest BCUT2D eigenvalue weighted by molar-refractivity contribution is 0.380. The van der Waals surface area contributed by atoms with Crippen LogP contribution in [0.1, 0.15) is 30.5 Å². The first kappa shape index (κ1) is 11.6. The van der Waals surface area contributed by atoms with Crippen molar-refractivity contribution in [1.82, 2.24) is 19.7 Å². The smallest absolute Gasteiger partial charge is 0.240 e. The van der Waals surface area contributed by atoms with Crippen LogP contribution < -0.4 is 5.73 Å². The van der Waals surface area contributed by atoms with Crippen molar-refractivity contribution in [3.63, 3.8) is 0 Å². The van der Waals surface area contributed by atoms with E-state index in [4.69, 9.17) is 15.2 Å². The summed E-state index contributed by atoms with van der Waals surface area (Å²) in [6.45, 7) is 0.255. The second-order valence-corrected chi connectivity index (χ2v) is 5.22. The van der Waals surface area contributed by atoms with Crippen molar-refractivity contribution in [3.8, 4) is 11.4 Å². The lowest BCUT2D eigenvalue weighted by Crippen LogP contribution is -1.95. The molecular formula is C14H15N5O. The highest BCUT2D eigenvalue weighted by atomic mass is 16.5. The van der Waals surface area contributed by atoms with E-state index in [2.05, 4.69) is 27.8 Å². The van der Waals surface area contributed by atoms with Crippen LogP contribution in [-0.2, 0) is 13.6 Å². The minimum absolute atomic E-state index is 0.255. The molecule has 1 saturated carbocycles. The molecule has 0 radical (unpaired) electrons. The third-order valence-corrected chi connectivity index (χ3v) is 3.76. The Kier molecular flexibility index (Phi) is 2.40. The van der Waals surface area contributed by atoms with Gasteiger partial charge in [0.05, 0.1) is 17.6 Å². The van der Waals surface area contributed by atoms with Gasteiger partial charge in [-0.25, -0.2) is 4.98 Å². The second kappa shape index (κ2) is 4.14. The van der Waals surface area contributed by atoms with Crippen LogP contribution in [0, 0.1) is 0 Å². The summed E-state index contributed by atoms with van der Waals surface area (Å²) in [4.78, 5) is 8.98. The number of hydrogen-bond donors (Lipinski definition) is 1. The molecule has 0 unspecified atom stereocenters. The first-order valence-corrected chi connectivity index (χ1v) is 6.75. The van der Waals surface area contributed by atoms with Crippen LogP contribution in [0.2, 0.25) is 0 Å². The van der Waals surface area contributed by atoms with Crippen LogP contribution in [0.5, 0.6) is 0 Å². The quantitative estimate of drug-likeness (QED) is 0.785. The molecule has 6 heteroatoms. The Bertz CT molecular complexity index is 784. The highest BCUT2D eigenvalue weighted by molar-refractivity contribution is 5.81. The van der Waals surface area contributed by atoms with Crippen LogP contribution in [-0.4, -0.2) is 19.7 Å². The van der Waals surface area contributed by atoms with Gasteiger partial charge in [-0.15, -0.1) is 0 Å². The number of rotatable bonds is 3. The van der Waals surface area contributed by atoms with E-state index in [9.17, 15) is 0 Å². The predicted molar refractivity (Wildman–Crippen MR) is 73.9 cm³/mol. The van der Waals surface area contributed by atoms with Crippen molar-refractivity contribution >= 4 is 11.0 Å². The summed E-state index contributed by atoms with van der Waals surface area (Å²) in [7, 11) is 2.07. The fourth-order valence-electron chi connectivity index (χ4n) is 2.52. The van der Waals surface area contributed by atoms with Crippen molar-refractivity contribution in [3.05, 3.63) is 29.9 Å². The predicted octanol–water partition coefficient (Wildman–Crippen LogP) is 1.96. The molecule has 0 bridgehead atoms. The molecule has 1 aliphatic carbocycles. The zero-order valence-electron chi connectivity index (χ0n) is 11.2. The Hall–Kier alpha value is -2.21. The molecule has 0 amide bonds. The number of nitrogens with zero attached hydrogens (tertiary/aromatic N) is 4. The maximum absolute atomic E-state index is 5.48. The van der Waals surface area contributed by atoms with Crippen molar-refractivity contribution < 1.29 is 4.52 Å². The fraction of sp³-hybridized carbons (Fsp3) is 0.357. The van der Waals surface area contributed by atoms with Crippen molar-refractivity contribution in [2.45, 2.75) is 25.3 Å². The van der Waals surface area contributed by atoms with E-state index in [0.29, 0.717) is 17.6 Å². The third-order valence-electron chi connectivity index (χ3n) is 3.76. The van der Waals surface area contributed by atoms with Crippen molar-refractivity contribution in [1.29, 1.82) is 0 Å². The number of aryl methyl sites for hydroxylation is 1. The number of aromatic nitrogens is 4. The Morgan fingerprint density at radius 3 is 2.90 bits per heavy atom. The Morgan fingerprint density at radius 1 is 1.35 bits per heavy atom. The first-order chi connectivity index (χ1) is 9.76. The van der Waals surface area contributed by atoms with Crippen molar-refractivity contribution in [2.24, 2.45) is 12.8 Å². The van der Waals surface area contributed by atoms with Gasteiger partial charge in [-0.2, -0.15) is 4.98 Å². The lowest BCUT2D eigenvalue weighted by Gasteiger charge is -1.99. The molecule has 0 atom stereocenters. The molecular weight excluding hydrogens is 254 g/mol. The van der Waals surface area contributed by atoms with Crippen LogP contribution in [0.4, 0.5) is 0 Å². The minimum atomic E-state index is 0.255. The molecule has 20 heavy (non-hydrogen) atoms. The first-order valence-electron chi connectivity index (χ1n) is 6.75. The van der Waals surface area contributed by atoms with Crippen LogP contribution in [0.15, 0.2) is 22.7 Å². The molecule has 3 aromatic rings. The van der Waals surface area contributed by atoms with Crippen LogP contribution in [0.25, 0.3) is 22.4 Å². The summed E-state index contributed by atoms with van der Waals surface area (Å²) >= 11 is 0. The largest absolute Gasteiger partial charge is 0.338 e. The summed E-state index contributed by atoms with van der Waals surface area (Å²) < 4.78 is 7.22. The minimum Gasteiger partial charge on any atom is -0.338 e. The van der Waals surface area contributed by atoms with E-state index in [0.717, 1.165) is 16.6 Å². The van der Waals surface area contributed by atoms with E-state index in [1.165, 1.54) is 18.7 Å². The molecule has 1 fully saturated rings. The summed E-state index contributed by atoms with van der Waals surface area (Å²) in [5, 5.41) is 3.94. The van der Waals surface area contributed by atoms with Gasteiger partial charge in [-0.1, -0.05) is 5.16 Å². The number of imidazole rings is 1. The molecule has 0 spiro atoms. The maximum Gasteiger partial charge on any atom is 0.240 e. The van der Waals surface area contributed by atoms with Gasteiger partial charge < -0.3 is 14.8 Å². The molecule has 102 valence electrons. The van der Waals surface area contributed by atoms with Gasteiger partial charge in [0.15, 0.2) is 0 Å². The number of benzene rings is 1. The van der Waals surface area contributed by atoms with E-state index < -0.39 is 0 Å². The molecule has 1 aromatic carbocycles. The van der Waals surface area contributed by atoms with E-state index in [-0.39, 0.29) is 6.54 Å². The van der Waals surface area contributed by atoms with Gasteiger partial charge in [0, 0.05) is 18.5 Å². The molecule has 2 N–H and O–H groups in total. The van der Waals surface area contributed by atoms with Crippen molar-refractivity contribution in [2.75, 3.05) is 0 Å². The van der Waals surface area contributed by atoms with Crippen LogP contribution >= 0.6 is 0 Å². The van der Waals surface area contributed by atoms with Gasteiger partial charge in [0.1, 0.15) is 5.82 Å². The lowest BCUT2D eigenvalue weighted by atomic mass is 10.2. The number of hydrogen-bond acceptors (Lipinski definition) is 5. The highest BCUT2D eigenvalue weighted by Gasteiger charge is 2.28. The highest BCUT2D eigenvalue weighted by Crippen LogP contribution is 2.40. The van der Waals surface area contributed by atoms with Crippen LogP contribution in [0.3, 0.4) is 0 Å². The number of fused-ring (bicyclic) bond motifs is 1. The Balaban J connectivity index is 1.81. The van der Waals surface area contributed by atoms with Gasteiger partial charge in [-0.05, 0) is 31.0 Å². The van der Waals surface area contributed by atoms with Gasteiger partial charge in [-0.3, -0.25) is 0 Å². The molecule has 6 nitrogen and oxygen atoms in total. The summed E-state index contributed by atoms with van der Waals surface area (Å²) in [6.07, 6.45) is 2.49. The summed E-state index contributed by atoms with van der Waals surface area (Å²) in [5.41, 5.74) is 8.50. The fourth-order valence-corrected chi connectivity index (χ4v) is 2.52. The zero-order valence-corrected chi connectivity index (χ0v) is 11.2. The molecule has 2 heterocycles. The van der Waals surface area contributed by atoms with E-state index >= 15 is 0 Å². The monoisotopic (exact) mass is 269 g/mol. The Morgan fingerprint density at radius 2 is 2.20 bits per heavy atom. The van der Waals surface area contributed by atoms with Gasteiger partial charge in [0.2, 0.25) is 11.7 Å². The third kappa shape index (κ3) is 1.72. The topological polar surface area (TPSA) is 82.8 Å². The SMILES string of the molecule is Cn1c(C2CC2)nc2cc(-c3noc(CN)n3)ccc21. The molecule has 4 rings (SSSR count). The average molecular weight is 269 g/mol. The molecule has 2 aromatic heterocycles. The zero-order chi connectivity index (χ0) is 13.7. The van der Waals surface area contributed by atoms with Gasteiger partial charge in [0.25, 0.3) is 0 Å². The summed E-state index contributed by atoms with van der Waals surface area (Å²) in [5.74, 6) is 2.81. The summed E-state index contributed by atoms with van der Waals surface area (Å²) in [6, 6.07) is 6.06. The molecule has 0 saturated heterocycles. The van der Waals surface area contributed by atoms with E-state index in [1.807, 2.05) is 12.1 Å². The average Bonchev–Trinajstić information content (AvgIpc) is 3.10. The maximum atomic E-state index is 5.48. The normalized spacial score (nSPS) is 15.1. The molecule has 1 aliphatic rings. The molecule has 0 aliphatic heterocycles. The standard InChI is InChI=1S/C14H15N5O/c1-19-11-5-4-9(13-17-12(7-15)20-18-13)6-10(11)16-14(19)8-2-3-8/h4-6,8H,2-3,7,15H2,1H3.